The molecular formula is C16H19N3O6S2. The lowest BCUT2D eigenvalue weighted by Gasteiger charge is -2.12. The van der Waals surface area contributed by atoms with Gasteiger partial charge in [0.1, 0.15) is 5.00 Å². The highest BCUT2D eigenvalue weighted by molar-refractivity contribution is 7.93. The molecule has 146 valence electrons. The number of anilines is 1. The summed E-state index contributed by atoms with van der Waals surface area (Å²) < 4.78 is 33.0. The predicted octanol–water partition coefficient (Wildman–Crippen LogP) is 1.29. The summed E-state index contributed by atoms with van der Waals surface area (Å²) in [6.45, 7) is 3.15. The molecule has 2 aromatic rings. The van der Waals surface area contributed by atoms with E-state index >= 15 is 0 Å². The highest BCUT2D eigenvalue weighted by Gasteiger charge is 2.30. The van der Waals surface area contributed by atoms with Crippen LogP contribution in [0, 0.1) is 6.92 Å². The zero-order chi connectivity index (χ0) is 19.8. The number of hydrogen-bond donors (Lipinski definition) is 3. The normalized spacial score (nSPS) is 13.9. The van der Waals surface area contributed by atoms with Crippen LogP contribution in [-0.4, -0.2) is 31.0 Å². The van der Waals surface area contributed by atoms with Gasteiger partial charge in [0.05, 0.1) is 12.2 Å². The number of H-pyrrole nitrogens is 2. The first-order valence-electron chi connectivity index (χ1n) is 8.42. The van der Waals surface area contributed by atoms with Crippen LogP contribution in [0.1, 0.15) is 46.3 Å². The summed E-state index contributed by atoms with van der Waals surface area (Å²) in [6, 6.07) is 0. The summed E-state index contributed by atoms with van der Waals surface area (Å²) >= 11 is 1.18. The molecule has 0 amide bonds. The minimum atomic E-state index is -4.32. The van der Waals surface area contributed by atoms with Crippen molar-refractivity contribution in [3.63, 3.8) is 0 Å². The number of aromatic amines is 2. The topological polar surface area (TPSA) is 138 Å². The highest BCUT2D eigenvalue weighted by Crippen LogP contribution is 2.39. The highest BCUT2D eigenvalue weighted by atomic mass is 32.2. The van der Waals surface area contributed by atoms with E-state index in [1.165, 1.54) is 18.3 Å². The Morgan fingerprint density at radius 3 is 2.59 bits per heavy atom. The Balaban J connectivity index is 2.10. The quantitative estimate of drug-likeness (QED) is 0.632. The maximum absolute atomic E-state index is 12.8. The SMILES string of the molecule is CCOC(=O)c1c(NS(=O)(=O)c2c(C)[nH]c(=O)[nH]c2=O)sc2c1CCCC2. The summed E-state index contributed by atoms with van der Waals surface area (Å²) in [5, 5.41) is 0.130. The number of fused-ring (bicyclic) bond motifs is 1. The molecule has 0 atom stereocenters. The Bertz CT molecular complexity index is 1110. The molecule has 0 saturated heterocycles. The van der Waals surface area contributed by atoms with Gasteiger partial charge < -0.3 is 9.72 Å². The second-order valence-corrected chi connectivity index (χ2v) is 8.83. The first-order valence-corrected chi connectivity index (χ1v) is 10.7. The van der Waals surface area contributed by atoms with Gasteiger partial charge in [0.15, 0.2) is 4.90 Å². The number of esters is 1. The maximum atomic E-state index is 12.8. The number of rotatable bonds is 5. The first kappa shape index (κ1) is 19.4. The molecule has 9 nitrogen and oxygen atoms in total. The fraction of sp³-hybridized carbons (Fsp3) is 0.438. The first-order chi connectivity index (χ1) is 12.7. The number of carbonyl (C=O) groups is 1. The van der Waals surface area contributed by atoms with Crippen LogP contribution in [0.4, 0.5) is 5.00 Å². The summed E-state index contributed by atoms with van der Waals surface area (Å²) in [7, 11) is -4.32. The maximum Gasteiger partial charge on any atom is 0.341 e. The van der Waals surface area contributed by atoms with Gasteiger partial charge in [-0.25, -0.2) is 18.0 Å². The number of nitrogens with one attached hydrogen (secondary N) is 3. The fourth-order valence-electron chi connectivity index (χ4n) is 3.14. The second kappa shape index (κ2) is 7.31. The van der Waals surface area contributed by atoms with Crippen molar-refractivity contribution >= 4 is 32.3 Å². The molecule has 11 heteroatoms. The van der Waals surface area contributed by atoms with Crippen molar-refractivity contribution in [2.75, 3.05) is 11.3 Å². The predicted molar refractivity (Wildman–Crippen MR) is 100 cm³/mol. The third-order valence-corrected chi connectivity index (χ3v) is 7.06. The average molecular weight is 413 g/mol. The monoisotopic (exact) mass is 413 g/mol. The molecule has 2 heterocycles. The number of thiophene rings is 1. The zero-order valence-corrected chi connectivity index (χ0v) is 16.4. The molecule has 0 radical (unpaired) electrons. The van der Waals surface area contributed by atoms with Crippen molar-refractivity contribution in [3.05, 3.63) is 42.5 Å². The Morgan fingerprint density at radius 2 is 1.93 bits per heavy atom. The third-order valence-electron chi connectivity index (χ3n) is 4.22. The van der Waals surface area contributed by atoms with E-state index in [0.29, 0.717) is 6.42 Å². The standard InChI is InChI=1S/C16H19N3O6S2/c1-3-25-15(21)11-9-6-4-5-7-10(9)26-14(11)19-27(23,24)12-8(2)17-16(22)18-13(12)20/h19H,3-7H2,1-2H3,(H2,17,18,20,22). The molecule has 0 bridgehead atoms. The summed E-state index contributed by atoms with van der Waals surface area (Å²) in [5.41, 5.74) is -0.901. The van der Waals surface area contributed by atoms with Gasteiger partial charge >= 0.3 is 11.7 Å². The molecule has 1 aliphatic carbocycles. The molecule has 27 heavy (non-hydrogen) atoms. The van der Waals surface area contributed by atoms with Gasteiger partial charge in [0.2, 0.25) is 0 Å². The zero-order valence-electron chi connectivity index (χ0n) is 14.8. The number of aromatic nitrogens is 2. The van der Waals surface area contributed by atoms with Crippen LogP contribution in [-0.2, 0) is 27.6 Å². The van der Waals surface area contributed by atoms with Gasteiger partial charge in [0.25, 0.3) is 15.6 Å². The summed E-state index contributed by atoms with van der Waals surface area (Å²) in [5.74, 6) is -0.596. The van der Waals surface area contributed by atoms with E-state index in [-0.39, 0.29) is 22.9 Å². The minimum absolute atomic E-state index is 0.0877. The molecular weight excluding hydrogens is 394 g/mol. The van der Waals surface area contributed by atoms with E-state index in [1.807, 2.05) is 4.98 Å². The lowest BCUT2D eigenvalue weighted by Crippen LogP contribution is -2.31. The van der Waals surface area contributed by atoms with E-state index in [0.717, 1.165) is 29.7 Å². The van der Waals surface area contributed by atoms with Gasteiger partial charge in [-0.15, -0.1) is 11.3 Å². The Labute approximate surface area is 158 Å². The summed E-state index contributed by atoms with van der Waals surface area (Å²) in [6.07, 6.45) is 3.29. The molecule has 0 saturated carbocycles. The largest absolute Gasteiger partial charge is 0.462 e. The number of ether oxygens (including phenoxy) is 1. The molecule has 3 rings (SSSR count). The van der Waals surface area contributed by atoms with Crippen LogP contribution in [0.2, 0.25) is 0 Å². The summed E-state index contributed by atoms with van der Waals surface area (Å²) in [4.78, 5) is 40.3. The molecule has 0 fully saturated rings. The van der Waals surface area contributed by atoms with E-state index in [2.05, 4.69) is 9.71 Å². The van der Waals surface area contributed by atoms with E-state index in [1.54, 1.807) is 6.92 Å². The van der Waals surface area contributed by atoms with Crippen molar-refractivity contribution in [2.24, 2.45) is 0 Å². The van der Waals surface area contributed by atoms with Crippen LogP contribution in [0.25, 0.3) is 0 Å². The number of sulfonamides is 1. The van der Waals surface area contributed by atoms with Gasteiger partial charge in [-0.3, -0.25) is 14.5 Å². The van der Waals surface area contributed by atoms with Crippen molar-refractivity contribution in [1.29, 1.82) is 0 Å². The lowest BCUT2D eigenvalue weighted by molar-refractivity contribution is 0.0526. The van der Waals surface area contributed by atoms with Crippen molar-refractivity contribution in [3.8, 4) is 0 Å². The Morgan fingerprint density at radius 1 is 1.22 bits per heavy atom. The third kappa shape index (κ3) is 3.69. The van der Waals surface area contributed by atoms with Crippen LogP contribution in [0.5, 0.6) is 0 Å². The molecule has 1 aliphatic rings. The van der Waals surface area contributed by atoms with Gasteiger partial charge in [0, 0.05) is 10.6 Å². The van der Waals surface area contributed by atoms with Gasteiger partial charge in [-0.1, -0.05) is 0 Å². The molecule has 0 unspecified atom stereocenters. The van der Waals surface area contributed by atoms with Crippen LogP contribution in [0.3, 0.4) is 0 Å². The van der Waals surface area contributed by atoms with E-state index in [9.17, 15) is 22.8 Å². The second-order valence-electron chi connectivity index (χ2n) is 6.10. The van der Waals surface area contributed by atoms with E-state index in [4.69, 9.17) is 4.74 Å². The van der Waals surface area contributed by atoms with Crippen molar-refractivity contribution in [1.82, 2.24) is 9.97 Å². The Hall–Kier alpha value is -2.40. The molecule has 2 aromatic heterocycles. The van der Waals surface area contributed by atoms with Crippen LogP contribution >= 0.6 is 11.3 Å². The Kier molecular flexibility index (Phi) is 5.24. The van der Waals surface area contributed by atoms with Crippen LogP contribution in [0.15, 0.2) is 14.5 Å². The lowest BCUT2D eigenvalue weighted by atomic mass is 9.95. The van der Waals surface area contributed by atoms with Crippen LogP contribution < -0.4 is 16.0 Å². The minimum Gasteiger partial charge on any atom is -0.462 e. The smallest absolute Gasteiger partial charge is 0.341 e. The molecule has 0 aromatic carbocycles. The number of hydrogen-bond acceptors (Lipinski definition) is 7. The van der Waals surface area contributed by atoms with Crippen molar-refractivity contribution in [2.45, 2.75) is 44.4 Å². The number of aryl methyl sites for hydroxylation is 2. The number of carbonyl (C=O) groups excluding carboxylic acids is 1. The van der Waals surface area contributed by atoms with E-state index < -0.39 is 32.1 Å². The van der Waals surface area contributed by atoms with Crippen molar-refractivity contribution < 1.29 is 17.9 Å². The fourth-order valence-corrected chi connectivity index (χ4v) is 5.96. The van der Waals surface area contributed by atoms with Gasteiger partial charge in [-0.2, -0.15) is 0 Å². The average Bonchev–Trinajstić information content (AvgIpc) is 2.90. The van der Waals surface area contributed by atoms with Gasteiger partial charge in [-0.05, 0) is 45.1 Å². The molecule has 0 spiro atoms. The molecule has 0 aliphatic heterocycles. The molecule has 3 N–H and O–H groups in total.